The van der Waals surface area contributed by atoms with E-state index < -0.39 is 5.54 Å². The molecule has 1 saturated heterocycles. The maximum Gasteiger partial charge on any atom is 0.327 e. The van der Waals surface area contributed by atoms with Crippen LogP contribution in [0.25, 0.3) is 0 Å². The zero-order chi connectivity index (χ0) is 14.0. The van der Waals surface area contributed by atoms with Gasteiger partial charge in [0, 0.05) is 13.1 Å². The van der Waals surface area contributed by atoms with Crippen molar-refractivity contribution in [3.05, 3.63) is 35.9 Å². The highest BCUT2D eigenvalue weighted by atomic mass is 16.2. The molecule has 1 aliphatic rings. The van der Waals surface area contributed by atoms with Gasteiger partial charge in [-0.25, -0.2) is 4.79 Å². The lowest BCUT2D eigenvalue weighted by atomic mass is 9.85. The lowest BCUT2D eigenvalue weighted by Gasteiger charge is -2.34. The molecule has 1 heterocycles. The third-order valence-electron chi connectivity index (χ3n) is 3.92. The minimum absolute atomic E-state index is 0.101. The van der Waals surface area contributed by atoms with Gasteiger partial charge in [0.25, 0.3) is 5.91 Å². The molecule has 1 atom stereocenters. The quantitative estimate of drug-likeness (QED) is 0.781. The molecule has 1 aromatic rings. The van der Waals surface area contributed by atoms with E-state index in [-0.39, 0.29) is 11.9 Å². The van der Waals surface area contributed by atoms with Crippen molar-refractivity contribution in [1.29, 1.82) is 0 Å². The van der Waals surface area contributed by atoms with Crippen LogP contribution in [0, 0.1) is 0 Å². The summed E-state index contributed by atoms with van der Waals surface area (Å²) >= 11 is 0. The van der Waals surface area contributed by atoms with E-state index in [4.69, 9.17) is 0 Å². The summed E-state index contributed by atoms with van der Waals surface area (Å²) in [6.45, 7) is 6.66. The van der Waals surface area contributed by atoms with Crippen molar-refractivity contribution in [3.8, 4) is 0 Å². The molecule has 1 unspecified atom stereocenters. The van der Waals surface area contributed by atoms with Gasteiger partial charge >= 0.3 is 6.03 Å². The van der Waals surface area contributed by atoms with Gasteiger partial charge in [0.15, 0.2) is 0 Å². The minimum atomic E-state index is -0.830. The summed E-state index contributed by atoms with van der Waals surface area (Å²) in [5.41, 5.74) is 0.0666. The Kier molecular flexibility index (Phi) is 3.60. The molecule has 4 heteroatoms. The smallest absolute Gasteiger partial charge is 0.306 e. The van der Waals surface area contributed by atoms with Crippen molar-refractivity contribution in [2.24, 2.45) is 0 Å². The Balaban J connectivity index is 2.60. The van der Waals surface area contributed by atoms with Gasteiger partial charge in [-0.15, -0.1) is 0 Å². The first-order valence-corrected chi connectivity index (χ1v) is 6.82. The molecule has 0 bridgehead atoms. The first-order chi connectivity index (χ1) is 9.13. The molecule has 1 aromatic carbocycles. The second-order valence-electron chi connectivity index (χ2n) is 4.66. The zero-order valence-corrected chi connectivity index (χ0v) is 11.7. The summed E-state index contributed by atoms with van der Waals surface area (Å²) in [5, 5.41) is 0. The number of nitrogens with zero attached hydrogens (tertiary/aromatic N) is 2. The Morgan fingerprint density at radius 1 is 1.00 bits per heavy atom. The normalized spacial score (nSPS) is 23.3. The number of hydrogen-bond donors (Lipinski definition) is 0. The highest BCUT2D eigenvalue weighted by molar-refractivity contribution is 6.07. The third-order valence-corrected chi connectivity index (χ3v) is 3.92. The Bertz CT molecular complexity index is 486. The number of likely N-dealkylation sites (N-methyl/N-ethyl adjacent to an activating group) is 2. The van der Waals surface area contributed by atoms with Crippen molar-refractivity contribution in [1.82, 2.24) is 9.80 Å². The molecule has 1 fully saturated rings. The molecule has 0 aliphatic carbocycles. The van der Waals surface area contributed by atoms with Crippen LogP contribution < -0.4 is 0 Å². The number of imide groups is 1. The van der Waals surface area contributed by atoms with Crippen molar-refractivity contribution in [2.75, 3.05) is 13.1 Å². The van der Waals surface area contributed by atoms with E-state index in [0.29, 0.717) is 19.5 Å². The lowest BCUT2D eigenvalue weighted by Crippen LogP contribution is -2.46. The van der Waals surface area contributed by atoms with E-state index in [0.717, 1.165) is 5.56 Å². The van der Waals surface area contributed by atoms with Gasteiger partial charge in [0.1, 0.15) is 5.54 Å². The standard InChI is InChI=1S/C15H20N2O2/c1-4-15(12-10-8-7-9-11-12)13(18)16(5-2)14(19)17(15)6-3/h7-11H,4-6H2,1-3H3. The predicted octanol–water partition coefficient (Wildman–Crippen LogP) is 2.60. The SMILES string of the molecule is CCN1C(=O)N(CC)C(CC)(c2ccccc2)C1=O. The highest BCUT2D eigenvalue weighted by Crippen LogP contribution is 2.39. The molecule has 0 N–H and O–H groups in total. The van der Waals surface area contributed by atoms with Gasteiger partial charge < -0.3 is 4.90 Å². The molecule has 0 radical (unpaired) electrons. The molecule has 1 aliphatic heterocycles. The first kappa shape index (κ1) is 13.6. The number of carbonyl (C=O) groups is 2. The average molecular weight is 260 g/mol. The fourth-order valence-electron chi connectivity index (χ4n) is 2.96. The summed E-state index contributed by atoms with van der Waals surface area (Å²) in [5.74, 6) is -0.101. The van der Waals surface area contributed by atoms with Gasteiger partial charge in [0.05, 0.1) is 0 Å². The van der Waals surface area contributed by atoms with Crippen LogP contribution in [0.2, 0.25) is 0 Å². The van der Waals surface area contributed by atoms with Crippen molar-refractivity contribution < 1.29 is 9.59 Å². The summed E-state index contributed by atoms with van der Waals surface area (Å²) in [7, 11) is 0. The second kappa shape index (κ2) is 5.03. The van der Waals surface area contributed by atoms with Crippen LogP contribution in [0.5, 0.6) is 0 Å². The van der Waals surface area contributed by atoms with Crippen LogP contribution in [0.15, 0.2) is 30.3 Å². The van der Waals surface area contributed by atoms with Crippen LogP contribution >= 0.6 is 0 Å². The number of amides is 3. The molecule has 102 valence electrons. The zero-order valence-electron chi connectivity index (χ0n) is 11.7. The van der Waals surface area contributed by atoms with Crippen LogP contribution in [-0.2, 0) is 10.3 Å². The summed E-state index contributed by atoms with van der Waals surface area (Å²) in [6.07, 6.45) is 0.589. The van der Waals surface area contributed by atoms with E-state index in [2.05, 4.69) is 0 Å². The molecule has 0 spiro atoms. The van der Waals surface area contributed by atoms with Gasteiger partial charge in [-0.2, -0.15) is 0 Å². The molecule has 2 rings (SSSR count). The van der Waals surface area contributed by atoms with Gasteiger partial charge in [-0.1, -0.05) is 37.3 Å². The predicted molar refractivity (Wildman–Crippen MR) is 73.6 cm³/mol. The Morgan fingerprint density at radius 2 is 1.63 bits per heavy atom. The molecule has 0 saturated carbocycles. The van der Waals surface area contributed by atoms with Crippen LogP contribution in [-0.4, -0.2) is 34.8 Å². The van der Waals surface area contributed by atoms with Gasteiger partial charge in [-0.05, 0) is 25.8 Å². The number of benzene rings is 1. The van der Waals surface area contributed by atoms with Crippen LogP contribution in [0.1, 0.15) is 32.8 Å². The van der Waals surface area contributed by atoms with Crippen molar-refractivity contribution >= 4 is 11.9 Å². The number of rotatable bonds is 4. The molecular weight excluding hydrogens is 240 g/mol. The highest BCUT2D eigenvalue weighted by Gasteiger charge is 2.55. The van der Waals surface area contributed by atoms with E-state index in [1.807, 2.05) is 51.1 Å². The first-order valence-electron chi connectivity index (χ1n) is 6.82. The van der Waals surface area contributed by atoms with Crippen molar-refractivity contribution in [2.45, 2.75) is 32.7 Å². The Labute approximate surface area is 114 Å². The fraction of sp³-hybridized carbons (Fsp3) is 0.467. The van der Waals surface area contributed by atoms with Crippen LogP contribution in [0.3, 0.4) is 0 Å². The summed E-state index contributed by atoms with van der Waals surface area (Å²) in [6, 6.07) is 9.41. The minimum Gasteiger partial charge on any atom is -0.306 e. The van der Waals surface area contributed by atoms with E-state index in [1.54, 1.807) is 4.90 Å². The third kappa shape index (κ3) is 1.74. The summed E-state index contributed by atoms with van der Waals surface area (Å²) in [4.78, 5) is 28.1. The van der Waals surface area contributed by atoms with Crippen LogP contribution in [0.4, 0.5) is 4.79 Å². The lowest BCUT2D eigenvalue weighted by molar-refractivity contribution is -0.133. The fourth-order valence-corrected chi connectivity index (χ4v) is 2.96. The largest absolute Gasteiger partial charge is 0.327 e. The van der Waals surface area contributed by atoms with E-state index in [9.17, 15) is 9.59 Å². The molecular formula is C15H20N2O2. The summed E-state index contributed by atoms with van der Waals surface area (Å²) < 4.78 is 0. The van der Waals surface area contributed by atoms with Gasteiger partial charge in [0.2, 0.25) is 0 Å². The van der Waals surface area contributed by atoms with E-state index >= 15 is 0 Å². The monoisotopic (exact) mass is 260 g/mol. The Morgan fingerprint density at radius 3 is 2.11 bits per heavy atom. The topological polar surface area (TPSA) is 40.6 Å². The molecule has 4 nitrogen and oxygen atoms in total. The average Bonchev–Trinajstić information content (AvgIpc) is 2.67. The van der Waals surface area contributed by atoms with Crippen molar-refractivity contribution in [3.63, 3.8) is 0 Å². The number of hydrogen-bond acceptors (Lipinski definition) is 2. The van der Waals surface area contributed by atoms with Gasteiger partial charge in [-0.3, -0.25) is 9.69 Å². The maximum atomic E-state index is 12.7. The second-order valence-corrected chi connectivity index (χ2v) is 4.66. The van der Waals surface area contributed by atoms with E-state index in [1.165, 1.54) is 4.90 Å². The molecule has 19 heavy (non-hydrogen) atoms. The molecule has 3 amide bonds. The molecule has 0 aromatic heterocycles. The Hall–Kier alpha value is -1.84. The number of urea groups is 1. The number of carbonyl (C=O) groups excluding carboxylic acids is 2. The maximum absolute atomic E-state index is 12.7.